The number of rotatable bonds is 4. The van der Waals surface area contributed by atoms with Crippen molar-refractivity contribution < 1.29 is 4.74 Å². The van der Waals surface area contributed by atoms with Crippen LogP contribution in [0, 0.1) is 6.92 Å². The topological polar surface area (TPSA) is 47.3 Å². The summed E-state index contributed by atoms with van der Waals surface area (Å²) < 4.78 is 5.20. The van der Waals surface area contributed by atoms with Crippen molar-refractivity contribution in [3.63, 3.8) is 0 Å². The molecular weight excluding hydrogens is 224 g/mol. The molecule has 0 heterocycles. The third-order valence-corrected chi connectivity index (χ3v) is 2.85. The summed E-state index contributed by atoms with van der Waals surface area (Å²) >= 11 is 0. The van der Waals surface area contributed by atoms with Gasteiger partial charge in [0, 0.05) is 29.7 Å². The second-order valence-corrected chi connectivity index (χ2v) is 4.29. The van der Waals surface area contributed by atoms with Crippen molar-refractivity contribution in [1.82, 2.24) is 0 Å². The van der Waals surface area contributed by atoms with E-state index in [1.807, 2.05) is 42.5 Å². The Morgan fingerprint density at radius 3 is 2.67 bits per heavy atom. The summed E-state index contributed by atoms with van der Waals surface area (Å²) in [5.74, 6) is 0. The number of hydrogen-bond acceptors (Lipinski definition) is 3. The van der Waals surface area contributed by atoms with E-state index < -0.39 is 0 Å². The van der Waals surface area contributed by atoms with Crippen molar-refractivity contribution in [2.24, 2.45) is 0 Å². The van der Waals surface area contributed by atoms with Crippen molar-refractivity contribution in [2.75, 3.05) is 18.2 Å². The molecule has 3 heteroatoms. The number of para-hydroxylation sites is 1. The van der Waals surface area contributed by atoms with E-state index in [0.29, 0.717) is 6.61 Å². The summed E-state index contributed by atoms with van der Waals surface area (Å²) in [6.45, 7) is 2.64. The highest BCUT2D eigenvalue weighted by Gasteiger charge is 2.04. The van der Waals surface area contributed by atoms with Gasteiger partial charge in [-0.25, -0.2) is 0 Å². The molecule has 3 nitrogen and oxygen atoms in total. The van der Waals surface area contributed by atoms with Crippen LogP contribution in [0.1, 0.15) is 11.1 Å². The van der Waals surface area contributed by atoms with Crippen LogP contribution in [0.4, 0.5) is 17.1 Å². The van der Waals surface area contributed by atoms with Crippen LogP contribution < -0.4 is 11.1 Å². The van der Waals surface area contributed by atoms with Gasteiger partial charge >= 0.3 is 0 Å². The second-order valence-electron chi connectivity index (χ2n) is 4.29. The van der Waals surface area contributed by atoms with Gasteiger partial charge in [-0.3, -0.25) is 0 Å². The molecule has 3 N–H and O–H groups in total. The molecule has 0 bridgehead atoms. The van der Waals surface area contributed by atoms with E-state index in [-0.39, 0.29) is 0 Å². The Labute approximate surface area is 108 Å². The number of nitrogens with two attached hydrogens (primary N) is 1. The van der Waals surface area contributed by atoms with Crippen molar-refractivity contribution in [1.29, 1.82) is 0 Å². The number of ether oxygens (including phenoxy) is 1. The Kier molecular flexibility index (Phi) is 3.85. The van der Waals surface area contributed by atoms with Gasteiger partial charge in [0.1, 0.15) is 0 Å². The van der Waals surface area contributed by atoms with Gasteiger partial charge in [-0.1, -0.05) is 24.3 Å². The number of anilines is 3. The monoisotopic (exact) mass is 242 g/mol. The van der Waals surface area contributed by atoms with E-state index in [9.17, 15) is 0 Å². The molecule has 2 rings (SSSR count). The normalized spacial score (nSPS) is 10.3. The molecule has 94 valence electrons. The number of nitrogen functional groups attached to an aromatic ring is 1. The molecule has 18 heavy (non-hydrogen) atoms. The largest absolute Gasteiger partial charge is 0.399 e. The Bertz CT molecular complexity index is 538. The number of methoxy groups -OCH3 is 1. The van der Waals surface area contributed by atoms with Gasteiger partial charge in [0.25, 0.3) is 0 Å². The Balaban J connectivity index is 2.30. The van der Waals surface area contributed by atoms with Gasteiger partial charge < -0.3 is 15.8 Å². The van der Waals surface area contributed by atoms with Crippen LogP contribution >= 0.6 is 0 Å². The SMILES string of the molecule is COCc1ccccc1Nc1cc(N)ccc1C. The summed E-state index contributed by atoms with van der Waals surface area (Å²) in [6, 6.07) is 14.0. The van der Waals surface area contributed by atoms with Crippen LogP contribution in [0.25, 0.3) is 0 Å². The number of aryl methyl sites for hydroxylation is 1. The Morgan fingerprint density at radius 2 is 1.89 bits per heavy atom. The zero-order valence-electron chi connectivity index (χ0n) is 10.7. The highest BCUT2D eigenvalue weighted by atomic mass is 16.5. The first kappa shape index (κ1) is 12.5. The third kappa shape index (κ3) is 2.81. The first-order chi connectivity index (χ1) is 8.70. The van der Waals surface area contributed by atoms with E-state index >= 15 is 0 Å². The van der Waals surface area contributed by atoms with E-state index in [1.165, 1.54) is 0 Å². The molecule has 0 aliphatic carbocycles. The maximum Gasteiger partial charge on any atom is 0.0733 e. The van der Waals surface area contributed by atoms with Gasteiger partial charge in [0.2, 0.25) is 0 Å². The molecule has 0 aliphatic heterocycles. The molecule has 0 amide bonds. The van der Waals surface area contributed by atoms with E-state index in [4.69, 9.17) is 10.5 Å². The number of benzene rings is 2. The molecule has 0 fully saturated rings. The van der Waals surface area contributed by atoms with Gasteiger partial charge in [-0.05, 0) is 30.7 Å². The summed E-state index contributed by atoms with van der Waals surface area (Å²) in [5, 5.41) is 3.41. The maximum absolute atomic E-state index is 5.81. The van der Waals surface area contributed by atoms with Gasteiger partial charge in [0.15, 0.2) is 0 Å². The predicted molar refractivity (Wildman–Crippen MR) is 76.0 cm³/mol. The zero-order valence-corrected chi connectivity index (χ0v) is 10.7. The number of nitrogens with one attached hydrogen (secondary N) is 1. The van der Waals surface area contributed by atoms with Crippen molar-refractivity contribution in [2.45, 2.75) is 13.5 Å². The molecule has 0 radical (unpaired) electrons. The second kappa shape index (κ2) is 5.56. The van der Waals surface area contributed by atoms with Crippen molar-refractivity contribution in [3.05, 3.63) is 53.6 Å². The summed E-state index contributed by atoms with van der Waals surface area (Å²) in [4.78, 5) is 0. The average Bonchev–Trinajstić information content (AvgIpc) is 2.36. The smallest absolute Gasteiger partial charge is 0.0733 e. The van der Waals surface area contributed by atoms with E-state index in [0.717, 1.165) is 28.2 Å². The number of hydrogen-bond donors (Lipinski definition) is 2. The quantitative estimate of drug-likeness (QED) is 0.807. The minimum Gasteiger partial charge on any atom is -0.399 e. The lowest BCUT2D eigenvalue weighted by molar-refractivity contribution is 0.185. The summed E-state index contributed by atoms with van der Waals surface area (Å²) in [5.41, 5.74) is 10.9. The predicted octanol–water partition coefficient (Wildman–Crippen LogP) is 3.47. The molecule has 0 aromatic heterocycles. The molecule has 0 atom stereocenters. The lowest BCUT2D eigenvalue weighted by Crippen LogP contribution is -1.99. The summed E-state index contributed by atoms with van der Waals surface area (Å²) in [6.07, 6.45) is 0. The van der Waals surface area contributed by atoms with E-state index in [2.05, 4.69) is 12.2 Å². The van der Waals surface area contributed by atoms with Gasteiger partial charge in [0.05, 0.1) is 6.61 Å². The molecule has 0 saturated carbocycles. The summed E-state index contributed by atoms with van der Waals surface area (Å²) in [7, 11) is 1.70. The fourth-order valence-corrected chi connectivity index (χ4v) is 1.84. The molecule has 0 aliphatic rings. The highest BCUT2D eigenvalue weighted by Crippen LogP contribution is 2.25. The van der Waals surface area contributed by atoms with Gasteiger partial charge in [-0.15, -0.1) is 0 Å². The first-order valence-corrected chi connectivity index (χ1v) is 5.90. The fraction of sp³-hybridized carbons (Fsp3) is 0.200. The average molecular weight is 242 g/mol. The minimum absolute atomic E-state index is 0.588. The minimum atomic E-state index is 0.588. The molecular formula is C15H18N2O. The first-order valence-electron chi connectivity index (χ1n) is 5.90. The van der Waals surface area contributed by atoms with Crippen LogP contribution in [0.15, 0.2) is 42.5 Å². The molecule has 0 spiro atoms. The standard InChI is InChI=1S/C15H18N2O/c1-11-7-8-13(16)9-15(11)17-14-6-4-3-5-12(14)10-18-2/h3-9,17H,10,16H2,1-2H3. The molecule has 0 saturated heterocycles. The van der Waals surface area contributed by atoms with Crippen LogP contribution in [0.2, 0.25) is 0 Å². The van der Waals surface area contributed by atoms with Crippen molar-refractivity contribution >= 4 is 17.1 Å². The van der Waals surface area contributed by atoms with Crippen LogP contribution in [-0.4, -0.2) is 7.11 Å². The van der Waals surface area contributed by atoms with E-state index in [1.54, 1.807) is 7.11 Å². The zero-order chi connectivity index (χ0) is 13.0. The Morgan fingerprint density at radius 1 is 1.11 bits per heavy atom. The van der Waals surface area contributed by atoms with Crippen molar-refractivity contribution in [3.8, 4) is 0 Å². The lowest BCUT2D eigenvalue weighted by Gasteiger charge is -2.14. The van der Waals surface area contributed by atoms with Crippen LogP contribution in [0.3, 0.4) is 0 Å². The van der Waals surface area contributed by atoms with Gasteiger partial charge in [-0.2, -0.15) is 0 Å². The van der Waals surface area contributed by atoms with Crippen LogP contribution in [-0.2, 0) is 11.3 Å². The van der Waals surface area contributed by atoms with Crippen LogP contribution in [0.5, 0.6) is 0 Å². The third-order valence-electron chi connectivity index (χ3n) is 2.85. The highest BCUT2D eigenvalue weighted by molar-refractivity contribution is 5.68. The maximum atomic E-state index is 5.81. The molecule has 2 aromatic rings. The molecule has 2 aromatic carbocycles. The fourth-order valence-electron chi connectivity index (χ4n) is 1.84. The molecule has 0 unspecified atom stereocenters. The Hall–Kier alpha value is -2.00. The lowest BCUT2D eigenvalue weighted by atomic mass is 10.1.